The summed E-state index contributed by atoms with van der Waals surface area (Å²) in [7, 11) is -3.49. The fraction of sp³-hybridized carbons (Fsp3) is 0.395. The van der Waals surface area contributed by atoms with Crippen LogP contribution < -0.4 is 47.1 Å². The summed E-state index contributed by atoms with van der Waals surface area (Å²) in [5.74, 6) is 0. The van der Waals surface area contributed by atoms with Gasteiger partial charge in [0.2, 0.25) is 10.0 Å². The molecule has 0 fully saturated rings. The van der Waals surface area contributed by atoms with Crippen molar-refractivity contribution in [3.05, 3.63) is 94.6 Å². The molecule has 0 bridgehead atoms. The molecule has 2 aromatic carbocycles. The number of aryl methyl sites for hydroxylation is 4. The molecular weight excluding hydrogens is 866 g/mol. The third-order valence-electron chi connectivity index (χ3n) is 9.10. The number of ether oxygens (including phenoxy) is 1. The van der Waals surface area contributed by atoms with Gasteiger partial charge in [0, 0.05) is 74.7 Å². The first kappa shape index (κ1) is 53.3. The van der Waals surface area contributed by atoms with E-state index in [-0.39, 0.29) is 12.4 Å². The number of anilines is 3. The van der Waals surface area contributed by atoms with E-state index in [0.717, 1.165) is 73.2 Å². The second-order valence-electron chi connectivity index (χ2n) is 15.6. The number of nitrogens with two attached hydrogens (primary N) is 1. The molecule has 1 amide bonds. The Morgan fingerprint density at radius 2 is 1.24 bits per heavy atom. The maximum atomic E-state index is 11.9. The summed E-state index contributed by atoms with van der Waals surface area (Å²) in [6, 6.07) is 15.7. The lowest BCUT2D eigenvalue weighted by molar-refractivity contribution is -0.512. The molecule has 0 radical (unpaired) electrons. The summed E-state index contributed by atoms with van der Waals surface area (Å²) in [5.41, 5.74) is 14.7. The van der Waals surface area contributed by atoms with Crippen LogP contribution in [0.1, 0.15) is 67.0 Å². The summed E-state index contributed by atoms with van der Waals surface area (Å²) < 4.78 is 56.0. The van der Waals surface area contributed by atoms with Crippen LogP contribution in [-0.2, 0) is 25.0 Å². The maximum Gasteiger partial charge on any atom is 0.474 e. The van der Waals surface area contributed by atoms with E-state index in [9.17, 15) is 32.2 Å². The van der Waals surface area contributed by atoms with Crippen molar-refractivity contribution in [3.63, 3.8) is 0 Å². The highest BCUT2D eigenvalue weighted by molar-refractivity contribution is 7.88. The van der Waals surface area contributed by atoms with Crippen LogP contribution in [0.2, 0.25) is 0 Å². The van der Waals surface area contributed by atoms with E-state index in [1.54, 1.807) is 45.3 Å². The van der Waals surface area contributed by atoms with Crippen LogP contribution in [0.4, 0.5) is 21.9 Å². The average Bonchev–Trinajstić information content (AvgIpc) is 3.18. The van der Waals surface area contributed by atoms with Crippen molar-refractivity contribution >= 4 is 65.2 Å². The van der Waals surface area contributed by atoms with Crippen molar-refractivity contribution in [2.75, 3.05) is 62.1 Å². The van der Waals surface area contributed by atoms with Crippen molar-refractivity contribution < 1.29 is 42.7 Å². The van der Waals surface area contributed by atoms with Gasteiger partial charge in [-0.1, -0.05) is 3.97 Å². The number of nitriles is 2. The number of aromatic nitrogens is 3. The molecule has 0 unspecified atom stereocenters. The molecule has 0 atom stereocenters. The van der Waals surface area contributed by atoms with Gasteiger partial charge in [-0.15, -0.1) is 8.42 Å². The number of halogens is 1. The predicted octanol–water partition coefficient (Wildman–Crippen LogP) is 2.22. The summed E-state index contributed by atoms with van der Waals surface area (Å²) in [4.78, 5) is 22.0. The van der Waals surface area contributed by atoms with Crippen LogP contribution in [0.25, 0.3) is 21.8 Å². The highest BCUT2D eigenvalue weighted by Gasteiger charge is 2.28. The molecule has 5 rings (SSSR count). The van der Waals surface area contributed by atoms with Crippen molar-refractivity contribution in [1.82, 2.24) is 19.4 Å². The number of nitrogens with zero attached hydrogens (tertiary/aromatic N) is 6. The van der Waals surface area contributed by atoms with Crippen LogP contribution in [0.15, 0.2) is 61.2 Å². The number of pyridine rings is 3. The van der Waals surface area contributed by atoms with Crippen molar-refractivity contribution in [2.45, 2.75) is 66.9 Å². The van der Waals surface area contributed by atoms with Crippen molar-refractivity contribution in [2.24, 2.45) is 5.73 Å². The van der Waals surface area contributed by atoms with E-state index in [2.05, 4.69) is 63.4 Å². The smallest absolute Gasteiger partial charge is 0.474 e. The molecule has 20 heteroatoms. The topological polar surface area (TPSA) is 249 Å². The van der Waals surface area contributed by atoms with E-state index >= 15 is 0 Å². The van der Waals surface area contributed by atoms with Crippen LogP contribution >= 0.6 is 0 Å². The molecule has 0 aliphatic carbocycles. The van der Waals surface area contributed by atoms with Crippen molar-refractivity contribution in [3.8, 4) is 12.1 Å². The van der Waals surface area contributed by atoms with E-state index in [0.29, 0.717) is 37.2 Å². The second kappa shape index (κ2) is 23.6. The second-order valence-corrected chi connectivity index (χ2v) is 19.0. The van der Waals surface area contributed by atoms with Crippen LogP contribution in [-0.4, -0.2) is 85.0 Å². The zero-order chi connectivity index (χ0) is 46.4. The third-order valence-corrected chi connectivity index (χ3v) is 11.1. The molecule has 0 aliphatic rings. The zero-order valence-corrected chi connectivity index (χ0v) is 39.8. The van der Waals surface area contributed by atoms with E-state index in [4.69, 9.17) is 10.5 Å². The van der Waals surface area contributed by atoms with Gasteiger partial charge < -0.3 is 38.4 Å². The average molecular weight is 925 g/mol. The Bertz CT molecular complexity index is 2680. The number of carbonyl (C=O) groups is 1. The first-order valence-electron chi connectivity index (χ1n) is 19.7. The summed E-state index contributed by atoms with van der Waals surface area (Å²) in [6.45, 7) is 15.4. The number of fused-ring (bicyclic) bond motifs is 2. The zero-order valence-electron chi connectivity index (χ0n) is 37.4. The molecule has 0 spiro atoms. The third kappa shape index (κ3) is 16.4. The van der Waals surface area contributed by atoms with Crippen molar-refractivity contribution in [1.29, 1.82) is 10.5 Å². The molecule has 340 valence electrons. The number of hydrogen-bond donors (Lipinski definition) is 5. The molecule has 17 nitrogen and oxygen atoms in total. The van der Waals surface area contributed by atoms with Gasteiger partial charge in [0.1, 0.15) is 17.7 Å². The minimum Gasteiger partial charge on any atom is -1.00 e. The monoisotopic (exact) mass is 923 g/mol. The predicted molar refractivity (Wildman–Crippen MR) is 245 cm³/mol. The standard InChI is InChI=1S/C16H20N4O2S.C15H18N4.C12H19N3O4S.ClH/c1-11-7-14-15(8-12(11)2)19-10-13(9-17)16(14)18-5-4-6-20-23(3,21)22;1-10-6-13-14(7-11(10)2)19-9-12(8-17)15(13)18-5-3-4-16;1-12(2,3)19-11(16)13-20(17,18)15-8-6-10(7-9-15)14(4)5;/h7-8,10,20H,4-6H2,1-3H3,(H,18,19);6-7,9H,3-5,16H2,1-2H3,(H,18,19);6-9H,1-5H3;1H. The Labute approximate surface area is 377 Å². The minimum atomic E-state index is -4.00. The summed E-state index contributed by atoms with van der Waals surface area (Å²) in [6.07, 6.45) is 7.50. The number of amides is 1. The van der Waals surface area contributed by atoms with Crippen LogP contribution in [0.5, 0.6) is 0 Å². The Morgan fingerprint density at radius 3 is 1.63 bits per heavy atom. The Balaban J connectivity index is 0.000000324. The lowest BCUT2D eigenvalue weighted by Gasteiger charge is -2.18. The Kier molecular flexibility index (Phi) is 19.9. The number of sulfonamides is 1. The van der Waals surface area contributed by atoms with Gasteiger partial charge in [-0.2, -0.15) is 15.2 Å². The quantitative estimate of drug-likeness (QED) is 0.0840. The lowest BCUT2D eigenvalue weighted by atomic mass is 10.0. The van der Waals surface area contributed by atoms with E-state index in [1.807, 2.05) is 49.7 Å². The molecular formula is C43H58ClN11O6S2. The van der Waals surface area contributed by atoms with E-state index < -0.39 is 31.9 Å². The highest BCUT2D eigenvalue weighted by atomic mass is 35.5. The highest BCUT2D eigenvalue weighted by Crippen LogP contribution is 2.29. The van der Waals surface area contributed by atoms with Gasteiger partial charge in [-0.05, 0) is 114 Å². The fourth-order valence-electron chi connectivity index (χ4n) is 5.65. The fourth-order valence-corrected chi connectivity index (χ4v) is 6.96. The van der Waals surface area contributed by atoms with Gasteiger partial charge in [0.15, 0.2) is 12.4 Å². The summed E-state index contributed by atoms with van der Waals surface area (Å²) >= 11 is 0. The van der Waals surface area contributed by atoms with Gasteiger partial charge in [-0.25, -0.2) is 17.9 Å². The van der Waals surface area contributed by atoms with Gasteiger partial charge in [-0.3, -0.25) is 9.97 Å². The normalized spacial score (nSPS) is 11.1. The molecule has 0 saturated heterocycles. The van der Waals surface area contributed by atoms with Gasteiger partial charge in [0.05, 0.1) is 39.8 Å². The number of nitrogens with one attached hydrogen (secondary N) is 4. The largest absolute Gasteiger partial charge is 1.00 e. The Morgan fingerprint density at radius 1 is 0.794 bits per heavy atom. The SMILES string of the molecule is CN(C)c1cc[n+](S(=O)(=O)NC(=O)OC(C)(C)C)cc1.Cc1cc2ncc(C#N)c(NCCCN)c2cc1C.Cc1cc2ncc(C#N)c(NCCCNS(C)(=O)=O)c2cc1C.[Cl-]. The molecule has 63 heavy (non-hydrogen) atoms. The van der Waals surface area contributed by atoms with Crippen LogP contribution in [0, 0.1) is 50.4 Å². The number of carbonyl (C=O) groups excluding carboxylic acids is 1. The number of hydrogen-bond acceptors (Lipinski definition) is 14. The van der Waals surface area contributed by atoms with Gasteiger partial charge >= 0.3 is 16.3 Å². The molecule has 0 saturated carbocycles. The van der Waals surface area contributed by atoms with Crippen LogP contribution in [0.3, 0.4) is 0 Å². The Hall–Kier alpha value is -5.83. The molecule has 0 aliphatic heterocycles. The molecule has 6 N–H and O–H groups in total. The first-order valence-corrected chi connectivity index (χ1v) is 23.0. The first-order chi connectivity index (χ1) is 29.0. The van der Waals surface area contributed by atoms with E-state index in [1.165, 1.54) is 23.5 Å². The van der Waals surface area contributed by atoms with Gasteiger partial charge in [0.25, 0.3) is 0 Å². The number of rotatable bonds is 13. The summed E-state index contributed by atoms with van der Waals surface area (Å²) in [5, 5.41) is 27.0. The molecule has 3 heterocycles. The number of benzene rings is 2. The lowest BCUT2D eigenvalue weighted by Crippen LogP contribution is -3.00. The molecule has 5 aromatic rings. The maximum absolute atomic E-state index is 11.9. The minimum absolute atomic E-state index is 0. The molecule has 3 aromatic heterocycles.